The molecular formula is C13H31IN4. The zero-order valence-corrected chi connectivity index (χ0v) is 15.0. The number of guanidine groups is 1. The molecule has 0 aliphatic carbocycles. The third-order valence-electron chi connectivity index (χ3n) is 3.18. The van der Waals surface area contributed by atoms with E-state index in [1.165, 1.54) is 25.7 Å². The van der Waals surface area contributed by atoms with Crippen molar-refractivity contribution in [2.24, 2.45) is 10.7 Å². The molecule has 0 rings (SSSR count). The number of aliphatic imine (C=N–C) groups is 1. The van der Waals surface area contributed by atoms with Crippen LogP contribution in [0.2, 0.25) is 0 Å². The molecule has 0 aromatic rings. The summed E-state index contributed by atoms with van der Waals surface area (Å²) in [6.07, 6.45) is 4.99. The number of likely N-dealkylation sites (N-methyl/N-ethyl adjacent to an activating group) is 1. The van der Waals surface area contributed by atoms with E-state index in [0.29, 0.717) is 12.5 Å². The molecule has 0 spiro atoms. The molecule has 110 valence electrons. The highest BCUT2D eigenvalue weighted by Crippen LogP contribution is 2.09. The number of nitrogens with zero attached hydrogens (tertiary/aromatic N) is 2. The first-order valence-corrected chi connectivity index (χ1v) is 6.61. The minimum Gasteiger partial charge on any atom is -0.370 e. The van der Waals surface area contributed by atoms with Crippen molar-refractivity contribution in [3.05, 3.63) is 0 Å². The van der Waals surface area contributed by atoms with E-state index in [0.717, 1.165) is 6.54 Å². The summed E-state index contributed by atoms with van der Waals surface area (Å²) in [7, 11) is 4.12. The van der Waals surface area contributed by atoms with Gasteiger partial charge >= 0.3 is 0 Å². The summed E-state index contributed by atoms with van der Waals surface area (Å²) >= 11 is 0. The molecule has 0 amide bonds. The number of hydrogen-bond acceptors (Lipinski definition) is 2. The molecule has 0 aromatic heterocycles. The van der Waals surface area contributed by atoms with Crippen LogP contribution in [0.1, 0.15) is 46.5 Å². The van der Waals surface area contributed by atoms with Gasteiger partial charge < -0.3 is 16.0 Å². The van der Waals surface area contributed by atoms with E-state index in [1.807, 2.05) is 0 Å². The normalized spacial score (nSPS) is 12.4. The first-order chi connectivity index (χ1) is 7.90. The van der Waals surface area contributed by atoms with Crippen LogP contribution < -0.4 is 11.1 Å². The predicted molar refractivity (Wildman–Crippen MR) is 91.8 cm³/mol. The van der Waals surface area contributed by atoms with Gasteiger partial charge in [0.1, 0.15) is 0 Å². The van der Waals surface area contributed by atoms with Crippen LogP contribution >= 0.6 is 24.0 Å². The second-order valence-electron chi connectivity index (χ2n) is 5.40. The Morgan fingerprint density at radius 1 is 1.22 bits per heavy atom. The van der Waals surface area contributed by atoms with E-state index in [-0.39, 0.29) is 29.5 Å². The number of unbranched alkanes of at least 4 members (excludes halogenated alkanes) is 3. The summed E-state index contributed by atoms with van der Waals surface area (Å²) in [5.74, 6) is 0.566. The number of nitrogens with two attached hydrogens (primary N) is 1. The molecule has 0 radical (unpaired) electrons. The molecule has 0 saturated heterocycles. The maximum absolute atomic E-state index is 5.82. The van der Waals surface area contributed by atoms with Gasteiger partial charge in [-0.3, -0.25) is 4.99 Å². The van der Waals surface area contributed by atoms with Crippen LogP contribution in [0.15, 0.2) is 4.99 Å². The molecule has 0 heterocycles. The monoisotopic (exact) mass is 370 g/mol. The zero-order valence-electron chi connectivity index (χ0n) is 12.6. The highest BCUT2D eigenvalue weighted by atomic mass is 127. The average Bonchev–Trinajstić information content (AvgIpc) is 2.26. The van der Waals surface area contributed by atoms with Crippen molar-refractivity contribution < 1.29 is 0 Å². The molecule has 3 N–H and O–H groups in total. The van der Waals surface area contributed by atoms with Gasteiger partial charge in [-0.2, -0.15) is 0 Å². The van der Waals surface area contributed by atoms with Crippen LogP contribution in [0.25, 0.3) is 0 Å². The lowest BCUT2D eigenvalue weighted by Gasteiger charge is -2.30. The highest BCUT2D eigenvalue weighted by Gasteiger charge is 2.19. The van der Waals surface area contributed by atoms with Crippen molar-refractivity contribution in [3.63, 3.8) is 0 Å². The van der Waals surface area contributed by atoms with Crippen LogP contribution in [0.5, 0.6) is 0 Å². The third kappa shape index (κ3) is 9.94. The number of nitrogens with one attached hydrogen (secondary N) is 1. The van der Waals surface area contributed by atoms with Crippen molar-refractivity contribution in [2.75, 3.05) is 27.2 Å². The van der Waals surface area contributed by atoms with Gasteiger partial charge in [0.2, 0.25) is 0 Å². The Kier molecular flexibility index (Phi) is 12.2. The van der Waals surface area contributed by atoms with E-state index >= 15 is 0 Å². The zero-order chi connectivity index (χ0) is 13.3. The lowest BCUT2D eigenvalue weighted by atomic mass is 10.1. The maximum Gasteiger partial charge on any atom is 0.188 e. The topological polar surface area (TPSA) is 53.6 Å². The summed E-state index contributed by atoms with van der Waals surface area (Å²) in [4.78, 5) is 6.53. The quantitative estimate of drug-likeness (QED) is 0.299. The molecule has 0 atom stereocenters. The Hall–Kier alpha value is -0.0400. The van der Waals surface area contributed by atoms with Crippen molar-refractivity contribution in [1.29, 1.82) is 0 Å². The van der Waals surface area contributed by atoms with Gasteiger partial charge in [0, 0.05) is 12.1 Å². The third-order valence-corrected chi connectivity index (χ3v) is 3.18. The molecule has 0 aromatic carbocycles. The standard InChI is InChI=1S/C13H30N4.HI/c1-6-7-8-9-10-15-12(14)16-11-13(2,3)17(4)5;/h6-11H2,1-5H3,(H3,14,15,16);1H. The Balaban J connectivity index is 0. The van der Waals surface area contributed by atoms with Crippen molar-refractivity contribution in [1.82, 2.24) is 10.2 Å². The van der Waals surface area contributed by atoms with E-state index in [9.17, 15) is 0 Å². The predicted octanol–water partition coefficient (Wildman–Crippen LogP) is 2.43. The fourth-order valence-corrected chi connectivity index (χ4v) is 1.24. The molecule has 0 bridgehead atoms. The lowest BCUT2D eigenvalue weighted by molar-refractivity contribution is 0.205. The second-order valence-corrected chi connectivity index (χ2v) is 5.40. The van der Waals surface area contributed by atoms with Gasteiger partial charge in [-0.15, -0.1) is 24.0 Å². The van der Waals surface area contributed by atoms with Crippen LogP contribution in [0.4, 0.5) is 0 Å². The number of hydrogen-bond donors (Lipinski definition) is 2. The first-order valence-electron chi connectivity index (χ1n) is 6.61. The summed E-state index contributed by atoms with van der Waals surface area (Å²) in [6.45, 7) is 8.17. The molecular weight excluding hydrogens is 339 g/mol. The van der Waals surface area contributed by atoms with Crippen LogP contribution in [0.3, 0.4) is 0 Å². The van der Waals surface area contributed by atoms with Crippen molar-refractivity contribution in [2.45, 2.75) is 52.0 Å². The molecule has 0 saturated carbocycles. The minimum absolute atomic E-state index is 0. The van der Waals surface area contributed by atoms with Gasteiger partial charge in [0.05, 0.1) is 6.54 Å². The van der Waals surface area contributed by atoms with Crippen LogP contribution in [-0.4, -0.2) is 43.6 Å². The Bertz CT molecular complexity index is 227. The summed E-state index contributed by atoms with van der Waals surface area (Å²) in [5.41, 5.74) is 5.87. The summed E-state index contributed by atoms with van der Waals surface area (Å²) < 4.78 is 0. The molecule has 18 heavy (non-hydrogen) atoms. The van der Waals surface area contributed by atoms with E-state index in [4.69, 9.17) is 5.73 Å². The molecule has 0 aliphatic rings. The number of rotatable bonds is 8. The molecule has 0 aliphatic heterocycles. The van der Waals surface area contributed by atoms with Crippen LogP contribution in [0, 0.1) is 0 Å². The van der Waals surface area contributed by atoms with Gasteiger partial charge in [-0.25, -0.2) is 0 Å². The molecule has 0 unspecified atom stereocenters. The van der Waals surface area contributed by atoms with Gasteiger partial charge in [-0.1, -0.05) is 26.2 Å². The Morgan fingerprint density at radius 3 is 2.33 bits per heavy atom. The first kappa shape index (κ1) is 20.3. The van der Waals surface area contributed by atoms with E-state index in [1.54, 1.807) is 0 Å². The van der Waals surface area contributed by atoms with Crippen LogP contribution in [-0.2, 0) is 0 Å². The van der Waals surface area contributed by atoms with Gasteiger partial charge in [-0.05, 0) is 34.4 Å². The van der Waals surface area contributed by atoms with Crippen molar-refractivity contribution >= 4 is 29.9 Å². The maximum atomic E-state index is 5.82. The second kappa shape index (κ2) is 10.8. The molecule has 0 fully saturated rings. The SMILES string of the molecule is CCCCCCNC(N)=NCC(C)(C)N(C)C.I. The molecule has 5 heteroatoms. The smallest absolute Gasteiger partial charge is 0.188 e. The largest absolute Gasteiger partial charge is 0.370 e. The number of halogens is 1. The highest BCUT2D eigenvalue weighted by molar-refractivity contribution is 14.0. The summed E-state index contributed by atoms with van der Waals surface area (Å²) in [5, 5.41) is 3.16. The average molecular weight is 370 g/mol. The fourth-order valence-electron chi connectivity index (χ4n) is 1.24. The van der Waals surface area contributed by atoms with E-state index < -0.39 is 0 Å². The Labute approximate surface area is 130 Å². The summed E-state index contributed by atoms with van der Waals surface area (Å²) in [6, 6.07) is 0. The van der Waals surface area contributed by atoms with Crippen molar-refractivity contribution in [3.8, 4) is 0 Å². The van der Waals surface area contributed by atoms with Gasteiger partial charge in [0.15, 0.2) is 5.96 Å². The minimum atomic E-state index is 0. The fraction of sp³-hybridized carbons (Fsp3) is 0.923. The molecule has 4 nitrogen and oxygen atoms in total. The Morgan fingerprint density at radius 2 is 1.83 bits per heavy atom. The van der Waals surface area contributed by atoms with Gasteiger partial charge in [0.25, 0.3) is 0 Å². The van der Waals surface area contributed by atoms with E-state index in [2.05, 4.69) is 50.1 Å². The lowest BCUT2D eigenvalue weighted by Crippen LogP contribution is -2.42.